The van der Waals surface area contributed by atoms with E-state index in [0.29, 0.717) is 4.64 Å². The Labute approximate surface area is 96.9 Å². The molecular weight excluding hydrogens is 254 g/mol. The third-order valence-corrected chi connectivity index (χ3v) is 2.67. The lowest BCUT2D eigenvalue weighted by Crippen LogP contribution is -2.31. The van der Waals surface area contributed by atoms with E-state index in [9.17, 15) is 13.2 Å². The molecule has 0 fully saturated rings. The highest BCUT2D eigenvalue weighted by Crippen LogP contribution is 1.82. The molecule has 0 bridgehead atoms. The monoisotopic (exact) mass is 265 g/mol. The Balaban J connectivity index is 2.50. The van der Waals surface area contributed by atoms with Gasteiger partial charge in [-0.05, 0) is 6.07 Å². The van der Waals surface area contributed by atoms with Gasteiger partial charge in [-0.15, -0.1) is 0 Å². The van der Waals surface area contributed by atoms with Crippen LogP contribution >= 0.6 is 12.2 Å². The van der Waals surface area contributed by atoms with Crippen molar-refractivity contribution >= 4 is 22.3 Å². The smallest absolute Gasteiger partial charge is 0.298 e. The van der Waals surface area contributed by atoms with Crippen LogP contribution in [-0.4, -0.2) is 34.8 Å². The minimum absolute atomic E-state index is 0.0564. The highest BCUT2D eigenvalue weighted by atomic mass is 32.2. The van der Waals surface area contributed by atoms with Crippen molar-refractivity contribution in [3.05, 3.63) is 27.4 Å². The van der Waals surface area contributed by atoms with E-state index in [1.165, 1.54) is 10.8 Å². The normalized spacial score (nSPS) is 11.6. The van der Waals surface area contributed by atoms with E-state index in [2.05, 4.69) is 10.3 Å². The largest absolute Gasteiger partial charge is 0.327 e. The molecule has 90 valence electrons. The van der Waals surface area contributed by atoms with Crippen LogP contribution in [0, 0.1) is 4.64 Å². The number of nitrogens with one attached hydrogen (secondary N) is 2. The van der Waals surface area contributed by atoms with Crippen LogP contribution in [0.3, 0.4) is 0 Å². The van der Waals surface area contributed by atoms with E-state index in [1.807, 2.05) is 0 Å². The molecule has 1 aromatic rings. The van der Waals surface area contributed by atoms with E-state index in [-0.39, 0.29) is 18.9 Å². The number of aromatic amines is 1. The summed E-state index contributed by atoms with van der Waals surface area (Å²) in [6.45, 7) is 0.196. The van der Waals surface area contributed by atoms with Crippen molar-refractivity contribution in [2.75, 3.05) is 12.3 Å². The van der Waals surface area contributed by atoms with E-state index >= 15 is 0 Å². The van der Waals surface area contributed by atoms with Crippen LogP contribution in [-0.2, 0) is 16.8 Å². The van der Waals surface area contributed by atoms with Gasteiger partial charge < -0.3 is 0 Å². The minimum Gasteiger partial charge on any atom is -0.298 e. The first-order valence-electron chi connectivity index (χ1n) is 4.34. The predicted octanol–water partition coefficient (Wildman–Crippen LogP) is -0.659. The molecule has 9 heteroatoms. The van der Waals surface area contributed by atoms with Gasteiger partial charge in [-0.1, -0.05) is 12.2 Å². The molecule has 0 aliphatic heterocycles. The number of H-pyrrole nitrogens is 1. The Morgan fingerprint density at radius 3 is 2.81 bits per heavy atom. The maximum absolute atomic E-state index is 11.3. The highest BCUT2D eigenvalue weighted by Gasteiger charge is 2.02. The molecular formula is C7H11N3O4S2. The zero-order valence-corrected chi connectivity index (χ0v) is 9.84. The molecule has 3 N–H and O–H groups in total. The Morgan fingerprint density at radius 2 is 2.25 bits per heavy atom. The Hall–Kier alpha value is -1.03. The van der Waals surface area contributed by atoms with Gasteiger partial charge >= 0.3 is 5.69 Å². The topological polar surface area (TPSA) is 104 Å². The molecule has 0 aromatic carbocycles. The number of hydrogen-bond acceptors (Lipinski definition) is 5. The molecule has 0 saturated carbocycles. The lowest BCUT2D eigenvalue weighted by Gasteiger charge is -2.05. The fourth-order valence-corrected chi connectivity index (χ4v) is 1.52. The fourth-order valence-electron chi connectivity index (χ4n) is 0.969. The van der Waals surface area contributed by atoms with Crippen molar-refractivity contribution in [2.45, 2.75) is 6.67 Å². The van der Waals surface area contributed by atoms with E-state index in [1.54, 1.807) is 6.07 Å². The lowest BCUT2D eigenvalue weighted by molar-refractivity contribution is 0.475. The SMILES string of the molecule is O=c1[nH]c(=S)ccn1CNCCS(=O)(=O)O. The quantitative estimate of drug-likeness (QED) is 0.371. The highest BCUT2D eigenvalue weighted by molar-refractivity contribution is 7.85. The second-order valence-electron chi connectivity index (χ2n) is 3.02. The third kappa shape index (κ3) is 4.66. The first kappa shape index (κ1) is 13.0. The average molecular weight is 265 g/mol. The summed E-state index contributed by atoms with van der Waals surface area (Å²) in [5.41, 5.74) is -0.383. The number of hydrogen-bond donors (Lipinski definition) is 3. The van der Waals surface area contributed by atoms with Crippen LogP contribution in [0.25, 0.3) is 0 Å². The van der Waals surface area contributed by atoms with E-state index < -0.39 is 15.9 Å². The van der Waals surface area contributed by atoms with Gasteiger partial charge in [0.25, 0.3) is 10.1 Å². The molecule has 0 aliphatic rings. The van der Waals surface area contributed by atoms with Gasteiger partial charge in [0.2, 0.25) is 0 Å². The Kier molecular flexibility index (Phi) is 4.35. The van der Waals surface area contributed by atoms with Crippen LogP contribution in [0.4, 0.5) is 0 Å². The second-order valence-corrected chi connectivity index (χ2v) is 5.04. The molecule has 7 nitrogen and oxygen atoms in total. The van der Waals surface area contributed by atoms with Gasteiger partial charge in [-0.3, -0.25) is 19.4 Å². The van der Waals surface area contributed by atoms with Gasteiger partial charge in [0.05, 0.1) is 12.4 Å². The summed E-state index contributed by atoms with van der Waals surface area (Å²) in [6.07, 6.45) is 1.49. The standard InChI is InChI=1S/C7H11N3O4S2/c11-7-9-6(15)1-3-10(7)5-8-2-4-16(12,13)14/h1,3,8H,2,4-5H2,(H,9,11,15)(H,12,13,14). The Morgan fingerprint density at radius 1 is 1.56 bits per heavy atom. The lowest BCUT2D eigenvalue weighted by atomic mass is 10.6. The zero-order chi connectivity index (χ0) is 12.2. The van der Waals surface area contributed by atoms with Crippen LogP contribution in [0.15, 0.2) is 17.1 Å². The molecule has 1 aromatic heterocycles. The maximum Gasteiger partial charge on any atom is 0.327 e. The van der Waals surface area contributed by atoms with Gasteiger partial charge in [-0.2, -0.15) is 8.42 Å². The summed E-state index contributed by atoms with van der Waals surface area (Å²) in [5, 5.41) is 2.69. The molecule has 0 atom stereocenters. The van der Waals surface area contributed by atoms with Crippen molar-refractivity contribution in [1.29, 1.82) is 0 Å². The Bertz CT molecular complexity index is 559. The average Bonchev–Trinajstić information content (AvgIpc) is 2.13. The number of rotatable bonds is 5. The number of aromatic nitrogens is 2. The summed E-state index contributed by atoms with van der Waals surface area (Å²) >= 11 is 4.74. The van der Waals surface area contributed by atoms with Crippen LogP contribution in [0.1, 0.15) is 0 Å². The van der Waals surface area contributed by atoms with Crippen LogP contribution in [0.5, 0.6) is 0 Å². The fraction of sp³-hybridized carbons (Fsp3) is 0.429. The summed E-state index contributed by atoms with van der Waals surface area (Å²) in [6, 6.07) is 1.54. The van der Waals surface area contributed by atoms with E-state index in [0.717, 1.165) is 0 Å². The van der Waals surface area contributed by atoms with Gasteiger partial charge in [-0.25, -0.2) is 4.79 Å². The summed E-state index contributed by atoms with van der Waals surface area (Å²) < 4.78 is 30.8. The van der Waals surface area contributed by atoms with Crippen molar-refractivity contribution in [2.24, 2.45) is 0 Å². The predicted molar refractivity (Wildman–Crippen MR) is 60.3 cm³/mol. The second kappa shape index (κ2) is 5.34. The number of nitrogens with zero attached hydrogens (tertiary/aromatic N) is 1. The van der Waals surface area contributed by atoms with Crippen molar-refractivity contribution < 1.29 is 13.0 Å². The molecule has 0 spiro atoms. The van der Waals surface area contributed by atoms with Crippen molar-refractivity contribution in [1.82, 2.24) is 14.9 Å². The van der Waals surface area contributed by atoms with Crippen molar-refractivity contribution in [3.63, 3.8) is 0 Å². The molecule has 16 heavy (non-hydrogen) atoms. The first-order valence-corrected chi connectivity index (χ1v) is 6.36. The summed E-state index contributed by atoms with van der Waals surface area (Å²) in [5.74, 6) is -0.398. The molecule has 1 heterocycles. The van der Waals surface area contributed by atoms with Crippen LogP contribution < -0.4 is 11.0 Å². The van der Waals surface area contributed by atoms with Crippen molar-refractivity contribution in [3.8, 4) is 0 Å². The van der Waals surface area contributed by atoms with Gasteiger partial charge in [0, 0.05) is 12.7 Å². The molecule has 0 radical (unpaired) electrons. The van der Waals surface area contributed by atoms with Gasteiger partial charge in [0.1, 0.15) is 4.64 Å². The third-order valence-electron chi connectivity index (χ3n) is 1.72. The molecule has 0 unspecified atom stereocenters. The van der Waals surface area contributed by atoms with Crippen LogP contribution in [0.2, 0.25) is 0 Å². The minimum atomic E-state index is -3.97. The van der Waals surface area contributed by atoms with Gasteiger partial charge in [0.15, 0.2) is 0 Å². The molecule has 0 amide bonds. The molecule has 0 saturated heterocycles. The summed E-state index contributed by atoms with van der Waals surface area (Å²) in [7, 11) is -3.97. The van der Waals surface area contributed by atoms with E-state index in [4.69, 9.17) is 16.8 Å². The molecule has 0 aliphatic carbocycles. The maximum atomic E-state index is 11.3. The first-order chi connectivity index (χ1) is 7.38. The zero-order valence-electron chi connectivity index (χ0n) is 8.21. The summed E-state index contributed by atoms with van der Waals surface area (Å²) in [4.78, 5) is 13.7. The molecule has 1 rings (SSSR count).